The second-order valence-electron chi connectivity index (χ2n) is 5.09. The number of likely N-dealkylation sites (N-methyl/N-ethyl adjacent to an activating group) is 2. The highest BCUT2D eigenvalue weighted by Crippen LogP contribution is 2.17. The van der Waals surface area contributed by atoms with Crippen molar-refractivity contribution in [3.05, 3.63) is 16.1 Å². The predicted molar refractivity (Wildman–Crippen MR) is 78.7 cm³/mol. The van der Waals surface area contributed by atoms with Gasteiger partial charge in [0.1, 0.15) is 5.01 Å². The maximum absolute atomic E-state index is 12.1. The van der Waals surface area contributed by atoms with Crippen molar-refractivity contribution < 1.29 is 4.79 Å². The number of rotatable bonds is 5. The van der Waals surface area contributed by atoms with Crippen LogP contribution in [0.25, 0.3) is 0 Å². The highest BCUT2D eigenvalue weighted by atomic mass is 35.5. The molecule has 1 aliphatic heterocycles. The number of amides is 1. The number of halogens is 1. The number of aromatic nitrogens is 1. The summed E-state index contributed by atoms with van der Waals surface area (Å²) < 4.78 is 0. The summed E-state index contributed by atoms with van der Waals surface area (Å²) in [5.74, 6) is 0.545. The highest BCUT2D eigenvalue weighted by molar-refractivity contribution is 7.09. The molecule has 1 aliphatic rings. The van der Waals surface area contributed by atoms with Crippen LogP contribution in [0.3, 0.4) is 0 Å². The molecule has 0 bridgehead atoms. The standard InChI is InChI=1S/C13H20ClN3OS/c1-16-5-3-4-11(16)8-17(2)13(18)6-12-15-10(7-14)9-19-12/h9,11H,3-8H2,1-2H3. The summed E-state index contributed by atoms with van der Waals surface area (Å²) in [4.78, 5) is 20.6. The van der Waals surface area contributed by atoms with E-state index in [0.29, 0.717) is 18.3 Å². The monoisotopic (exact) mass is 301 g/mol. The van der Waals surface area contributed by atoms with Gasteiger partial charge in [-0.15, -0.1) is 22.9 Å². The maximum Gasteiger partial charge on any atom is 0.229 e. The summed E-state index contributed by atoms with van der Waals surface area (Å²) in [6, 6.07) is 0.503. The Bertz CT molecular complexity index is 437. The smallest absolute Gasteiger partial charge is 0.229 e. The van der Waals surface area contributed by atoms with E-state index in [1.165, 1.54) is 24.2 Å². The number of hydrogen-bond donors (Lipinski definition) is 0. The second-order valence-corrected chi connectivity index (χ2v) is 6.30. The van der Waals surface area contributed by atoms with Crippen molar-refractivity contribution >= 4 is 28.8 Å². The van der Waals surface area contributed by atoms with Crippen LogP contribution < -0.4 is 0 Å². The normalized spacial score (nSPS) is 19.8. The first kappa shape index (κ1) is 14.8. The van der Waals surface area contributed by atoms with Gasteiger partial charge in [-0.2, -0.15) is 0 Å². The van der Waals surface area contributed by atoms with E-state index in [1.807, 2.05) is 17.3 Å². The summed E-state index contributed by atoms with van der Waals surface area (Å²) in [5, 5.41) is 2.77. The molecule has 1 saturated heterocycles. The predicted octanol–water partition coefficient (Wildman–Crippen LogP) is 1.98. The van der Waals surface area contributed by atoms with Crippen LogP contribution in [-0.4, -0.2) is 53.9 Å². The number of hydrogen-bond acceptors (Lipinski definition) is 4. The number of likely N-dealkylation sites (tertiary alicyclic amines) is 1. The molecular formula is C13H20ClN3OS. The topological polar surface area (TPSA) is 36.4 Å². The molecule has 2 heterocycles. The highest BCUT2D eigenvalue weighted by Gasteiger charge is 2.24. The SMILES string of the molecule is CN(CC1CCCN1C)C(=O)Cc1nc(CCl)cs1. The molecule has 0 radical (unpaired) electrons. The Hall–Kier alpha value is -0.650. The van der Waals surface area contributed by atoms with Crippen LogP contribution in [0.4, 0.5) is 0 Å². The molecule has 1 unspecified atom stereocenters. The van der Waals surface area contributed by atoms with Crippen molar-refractivity contribution in [3.8, 4) is 0 Å². The Morgan fingerprint density at radius 1 is 1.68 bits per heavy atom. The van der Waals surface area contributed by atoms with Crippen LogP contribution in [0.5, 0.6) is 0 Å². The van der Waals surface area contributed by atoms with E-state index in [4.69, 9.17) is 11.6 Å². The quantitative estimate of drug-likeness (QED) is 0.780. The fourth-order valence-corrected chi connectivity index (χ4v) is 3.40. The molecule has 1 amide bonds. The van der Waals surface area contributed by atoms with Gasteiger partial charge >= 0.3 is 0 Å². The molecule has 4 nitrogen and oxygen atoms in total. The summed E-state index contributed by atoms with van der Waals surface area (Å²) in [6.07, 6.45) is 2.80. The zero-order valence-electron chi connectivity index (χ0n) is 11.4. The van der Waals surface area contributed by atoms with Gasteiger partial charge in [0, 0.05) is 25.0 Å². The molecule has 1 atom stereocenters. The molecule has 6 heteroatoms. The summed E-state index contributed by atoms with van der Waals surface area (Å²) >= 11 is 7.22. The molecule has 19 heavy (non-hydrogen) atoms. The van der Waals surface area contributed by atoms with Crippen molar-refractivity contribution in [1.82, 2.24) is 14.8 Å². The molecule has 0 N–H and O–H groups in total. The lowest BCUT2D eigenvalue weighted by molar-refractivity contribution is -0.129. The molecule has 1 fully saturated rings. The average Bonchev–Trinajstić information content (AvgIpc) is 2.99. The van der Waals surface area contributed by atoms with E-state index < -0.39 is 0 Å². The first-order chi connectivity index (χ1) is 9.10. The fourth-order valence-electron chi connectivity index (χ4n) is 2.38. The van der Waals surface area contributed by atoms with Crippen molar-refractivity contribution in [3.63, 3.8) is 0 Å². The fraction of sp³-hybridized carbons (Fsp3) is 0.692. The third-order valence-corrected chi connectivity index (χ3v) is 4.79. The third kappa shape index (κ3) is 3.91. The van der Waals surface area contributed by atoms with Crippen LogP contribution >= 0.6 is 22.9 Å². The Morgan fingerprint density at radius 3 is 3.05 bits per heavy atom. The Morgan fingerprint density at radius 2 is 2.47 bits per heavy atom. The lowest BCUT2D eigenvalue weighted by Gasteiger charge is -2.25. The summed E-state index contributed by atoms with van der Waals surface area (Å²) in [6.45, 7) is 1.95. The van der Waals surface area contributed by atoms with Gasteiger partial charge in [0.05, 0.1) is 18.0 Å². The Balaban J connectivity index is 1.85. The number of carbonyl (C=O) groups excluding carboxylic acids is 1. The minimum absolute atomic E-state index is 0.135. The number of alkyl halides is 1. The Labute approximate surface area is 123 Å². The average molecular weight is 302 g/mol. The van der Waals surface area contributed by atoms with Gasteiger partial charge in [0.2, 0.25) is 5.91 Å². The lowest BCUT2D eigenvalue weighted by Crippen LogP contribution is -2.40. The van der Waals surface area contributed by atoms with Gasteiger partial charge in [0.25, 0.3) is 0 Å². The first-order valence-corrected chi connectivity index (χ1v) is 7.95. The van der Waals surface area contributed by atoms with Crippen LogP contribution in [0.2, 0.25) is 0 Å². The van der Waals surface area contributed by atoms with Gasteiger partial charge in [0.15, 0.2) is 0 Å². The summed E-state index contributed by atoms with van der Waals surface area (Å²) in [7, 11) is 4.01. The molecule has 0 saturated carbocycles. The van der Waals surface area contributed by atoms with Gasteiger partial charge in [-0.3, -0.25) is 4.79 Å². The molecule has 1 aromatic heterocycles. The van der Waals surface area contributed by atoms with Gasteiger partial charge in [-0.05, 0) is 26.4 Å². The first-order valence-electron chi connectivity index (χ1n) is 6.53. The van der Waals surface area contributed by atoms with E-state index in [1.54, 1.807) is 0 Å². The lowest BCUT2D eigenvalue weighted by atomic mass is 10.2. The van der Waals surface area contributed by atoms with Crippen LogP contribution in [0.15, 0.2) is 5.38 Å². The van der Waals surface area contributed by atoms with E-state index in [9.17, 15) is 4.79 Å². The van der Waals surface area contributed by atoms with Crippen LogP contribution in [-0.2, 0) is 17.1 Å². The molecule has 0 aromatic carbocycles. The zero-order chi connectivity index (χ0) is 13.8. The minimum atomic E-state index is 0.135. The second kappa shape index (κ2) is 6.68. The molecule has 0 aliphatic carbocycles. The van der Waals surface area contributed by atoms with Crippen molar-refractivity contribution in [2.24, 2.45) is 0 Å². The van der Waals surface area contributed by atoms with Gasteiger partial charge < -0.3 is 9.80 Å². The van der Waals surface area contributed by atoms with Crippen molar-refractivity contribution in [2.45, 2.75) is 31.2 Å². The van der Waals surface area contributed by atoms with Gasteiger partial charge in [-0.25, -0.2) is 4.98 Å². The number of carbonyl (C=O) groups is 1. The number of thiazole rings is 1. The van der Waals surface area contributed by atoms with E-state index in [2.05, 4.69) is 16.9 Å². The van der Waals surface area contributed by atoms with Crippen LogP contribution in [0.1, 0.15) is 23.5 Å². The molecule has 2 rings (SSSR count). The molecule has 106 valence electrons. The minimum Gasteiger partial charge on any atom is -0.344 e. The molecule has 0 spiro atoms. The largest absolute Gasteiger partial charge is 0.344 e. The maximum atomic E-state index is 12.1. The number of nitrogens with zero attached hydrogens (tertiary/aromatic N) is 3. The van der Waals surface area contributed by atoms with E-state index in [-0.39, 0.29) is 5.91 Å². The molecular weight excluding hydrogens is 282 g/mol. The summed E-state index contributed by atoms with van der Waals surface area (Å²) in [5.41, 5.74) is 0.854. The van der Waals surface area contributed by atoms with Crippen molar-refractivity contribution in [2.75, 3.05) is 27.2 Å². The third-order valence-electron chi connectivity index (χ3n) is 3.62. The molecule has 1 aromatic rings. The zero-order valence-corrected chi connectivity index (χ0v) is 13.0. The van der Waals surface area contributed by atoms with Crippen LogP contribution in [0, 0.1) is 0 Å². The Kier molecular flexibility index (Phi) is 5.19. The van der Waals surface area contributed by atoms with Crippen molar-refractivity contribution in [1.29, 1.82) is 0 Å². The van der Waals surface area contributed by atoms with Gasteiger partial charge in [-0.1, -0.05) is 0 Å². The van der Waals surface area contributed by atoms with E-state index in [0.717, 1.165) is 23.8 Å². The van der Waals surface area contributed by atoms with E-state index >= 15 is 0 Å².